The molecule has 4 amide bonds. The van der Waals surface area contributed by atoms with Crippen molar-refractivity contribution >= 4 is 46.4 Å². The Morgan fingerprint density at radius 1 is 1.24 bits per heavy atom. The number of nitrogens with one attached hydrogen (secondary N) is 4. The zero-order chi connectivity index (χ0) is 26.7. The van der Waals surface area contributed by atoms with Gasteiger partial charge in [-0.25, -0.2) is 0 Å². The summed E-state index contributed by atoms with van der Waals surface area (Å²) in [7, 11) is 1.30. The van der Waals surface area contributed by atoms with Crippen molar-refractivity contribution in [1.29, 1.82) is 0 Å². The van der Waals surface area contributed by atoms with Crippen LogP contribution in [0.2, 0.25) is 0 Å². The van der Waals surface area contributed by atoms with Crippen LogP contribution in [0.3, 0.4) is 0 Å². The highest BCUT2D eigenvalue weighted by Gasteiger charge is 2.63. The summed E-state index contributed by atoms with van der Waals surface area (Å²) in [5.41, 5.74) is 0.469. The van der Waals surface area contributed by atoms with E-state index in [1.54, 1.807) is 0 Å². The summed E-state index contributed by atoms with van der Waals surface area (Å²) in [5.74, 6) is -2.26. The molecule has 2 aromatic rings. The molecule has 3 aliphatic rings. The van der Waals surface area contributed by atoms with Gasteiger partial charge in [0.2, 0.25) is 22.6 Å². The Balaban J connectivity index is 1.43. The molecule has 2 bridgehead atoms. The molecule has 196 valence electrons. The van der Waals surface area contributed by atoms with E-state index < -0.39 is 35.1 Å². The van der Waals surface area contributed by atoms with Gasteiger partial charge in [-0.3, -0.25) is 28.8 Å². The minimum absolute atomic E-state index is 0.00142. The molecule has 3 fully saturated rings. The van der Waals surface area contributed by atoms with Gasteiger partial charge in [0.15, 0.2) is 0 Å². The molecular formula is C23H27N7O6S. The number of anilines is 1. The van der Waals surface area contributed by atoms with Crippen LogP contribution in [0.1, 0.15) is 42.4 Å². The van der Waals surface area contributed by atoms with E-state index in [1.165, 1.54) is 35.5 Å². The molecule has 0 aliphatic heterocycles. The predicted octanol–water partition coefficient (Wildman–Crippen LogP) is -0.553. The normalized spacial score (nSPS) is 22.0. The van der Waals surface area contributed by atoms with E-state index in [9.17, 15) is 28.8 Å². The molecular weight excluding hydrogens is 502 g/mol. The van der Waals surface area contributed by atoms with E-state index in [0.717, 1.165) is 24.2 Å². The van der Waals surface area contributed by atoms with Gasteiger partial charge in [0.25, 0.3) is 17.4 Å². The molecule has 0 unspecified atom stereocenters. The lowest BCUT2D eigenvalue weighted by Gasteiger charge is -2.67. The van der Waals surface area contributed by atoms with Crippen molar-refractivity contribution < 1.29 is 24.0 Å². The molecule has 3 saturated carbocycles. The number of ketones is 1. The van der Waals surface area contributed by atoms with Gasteiger partial charge in [-0.05, 0) is 43.2 Å². The largest absolute Gasteiger partial charge is 0.353 e. The highest BCUT2D eigenvalue weighted by Crippen LogP contribution is 2.61. The molecule has 3 aliphatic carbocycles. The number of nitrogens with zero attached hydrogens (tertiary/aromatic N) is 3. The summed E-state index contributed by atoms with van der Waals surface area (Å²) in [5, 5.41) is 17.4. The Labute approximate surface area is 215 Å². The first-order chi connectivity index (χ1) is 17.6. The fourth-order valence-electron chi connectivity index (χ4n) is 4.68. The molecule has 0 radical (unpaired) electrons. The van der Waals surface area contributed by atoms with Crippen LogP contribution in [0, 0.1) is 11.8 Å². The lowest BCUT2D eigenvalue weighted by Crippen LogP contribution is -2.74. The first-order valence-corrected chi connectivity index (χ1v) is 12.6. The number of aromatic nitrogens is 3. The molecule has 0 saturated heterocycles. The van der Waals surface area contributed by atoms with Gasteiger partial charge in [-0.2, -0.15) is 0 Å². The molecule has 4 N–H and O–H groups in total. The third kappa shape index (κ3) is 5.43. The van der Waals surface area contributed by atoms with Gasteiger partial charge in [0, 0.05) is 25.2 Å². The SMILES string of the molecule is CNC(=O)C(=O)CC[C@H](NC(=O)c1nncs1)C(=O)Nc1cccn(CC(=O)NC23CC(C2)[C@@H]3C)c1=O. The Morgan fingerprint density at radius 3 is 2.59 bits per heavy atom. The Bertz CT molecular complexity index is 1280. The third-order valence-electron chi connectivity index (χ3n) is 7.13. The predicted molar refractivity (Wildman–Crippen MR) is 132 cm³/mol. The van der Waals surface area contributed by atoms with Crippen LogP contribution >= 0.6 is 11.3 Å². The summed E-state index contributed by atoms with van der Waals surface area (Å²) >= 11 is 0.956. The summed E-state index contributed by atoms with van der Waals surface area (Å²) in [4.78, 5) is 74.5. The topological polar surface area (TPSA) is 181 Å². The maximum absolute atomic E-state index is 13.0. The Morgan fingerprint density at radius 2 is 2.00 bits per heavy atom. The van der Waals surface area contributed by atoms with Crippen molar-refractivity contribution in [2.24, 2.45) is 11.8 Å². The number of carbonyl (C=O) groups is 5. The lowest BCUT2D eigenvalue weighted by molar-refractivity contribution is -0.151. The molecule has 2 aromatic heterocycles. The van der Waals surface area contributed by atoms with Crippen LogP contribution in [0.4, 0.5) is 5.69 Å². The minimum atomic E-state index is -1.26. The Hall–Kier alpha value is -3.94. The van der Waals surface area contributed by atoms with E-state index in [4.69, 9.17) is 0 Å². The van der Waals surface area contributed by atoms with Gasteiger partial charge < -0.3 is 25.8 Å². The summed E-state index contributed by atoms with van der Waals surface area (Å²) in [6.07, 6.45) is 2.83. The second-order valence-corrected chi connectivity index (χ2v) is 10.1. The minimum Gasteiger partial charge on any atom is -0.353 e. The first-order valence-electron chi connectivity index (χ1n) is 11.8. The number of pyridine rings is 1. The van der Waals surface area contributed by atoms with Crippen LogP contribution in [0.5, 0.6) is 0 Å². The van der Waals surface area contributed by atoms with E-state index in [0.29, 0.717) is 11.8 Å². The van der Waals surface area contributed by atoms with Crippen LogP contribution < -0.4 is 26.8 Å². The molecule has 13 nitrogen and oxygen atoms in total. The first kappa shape index (κ1) is 26.1. The molecule has 2 atom stereocenters. The van der Waals surface area contributed by atoms with Crippen LogP contribution in [-0.4, -0.2) is 62.8 Å². The molecule has 5 rings (SSSR count). The van der Waals surface area contributed by atoms with E-state index >= 15 is 0 Å². The second kappa shape index (κ2) is 10.6. The van der Waals surface area contributed by atoms with E-state index in [1.807, 2.05) is 0 Å². The van der Waals surface area contributed by atoms with Crippen molar-refractivity contribution in [3.8, 4) is 0 Å². The van der Waals surface area contributed by atoms with Crippen LogP contribution in [-0.2, 0) is 25.7 Å². The van der Waals surface area contributed by atoms with Crippen molar-refractivity contribution in [3.05, 3.63) is 39.2 Å². The smallest absolute Gasteiger partial charge is 0.287 e. The lowest BCUT2D eigenvalue weighted by atomic mass is 9.43. The van der Waals surface area contributed by atoms with Gasteiger partial charge in [0.05, 0.1) is 0 Å². The maximum Gasteiger partial charge on any atom is 0.287 e. The zero-order valence-electron chi connectivity index (χ0n) is 20.3. The number of amides is 4. The van der Waals surface area contributed by atoms with Gasteiger partial charge in [0.1, 0.15) is 23.8 Å². The monoisotopic (exact) mass is 529 g/mol. The molecule has 2 heterocycles. The maximum atomic E-state index is 13.0. The van der Waals surface area contributed by atoms with Crippen molar-refractivity contribution in [1.82, 2.24) is 30.7 Å². The quantitative estimate of drug-likeness (QED) is 0.280. The average molecular weight is 530 g/mol. The van der Waals surface area contributed by atoms with Gasteiger partial charge in [-0.1, -0.05) is 18.3 Å². The number of hydrogen-bond acceptors (Lipinski definition) is 9. The summed E-state index contributed by atoms with van der Waals surface area (Å²) < 4.78 is 1.19. The van der Waals surface area contributed by atoms with E-state index in [2.05, 4.69) is 38.4 Å². The fourth-order valence-corrected chi connectivity index (χ4v) is 5.14. The zero-order valence-corrected chi connectivity index (χ0v) is 21.1. The average Bonchev–Trinajstić information content (AvgIpc) is 3.41. The fraction of sp³-hybridized carbons (Fsp3) is 0.478. The number of carbonyl (C=O) groups excluding carboxylic acids is 5. The highest BCUT2D eigenvalue weighted by atomic mass is 32.1. The summed E-state index contributed by atoms with van der Waals surface area (Å²) in [6.45, 7) is 1.89. The number of Topliss-reactive ketones (excluding diaryl/α,β-unsaturated/α-hetero) is 1. The number of likely N-dealkylation sites (N-methyl/N-ethyl adjacent to an activating group) is 1. The van der Waals surface area contributed by atoms with Crippen molar-refractivity contribution in [3.63, 3.8) is 0 Å². The molecule has 14 heteroatoms. The van der Waals surface area contributed by atoms with Gasteiger partial charge >= 0.3 is 0 Å². The highest BCUT2D eigenvalue weighted by molar-refractivity contribution is 7.11. The third-order valence-corrected chi connectivity index (χ3v) is 7.82. The number of rotatable bonds is 11. The molecule has 0 aromatic carbocycles. The second-order valence-electron chi connectivity index (χ2n) is 9.32. The standard InChI is InChI=1S/C23H27N7O6S/c1-12-13-8-23(12,9-13)28-17(32)10-30-7-3-4-15(22(30)36)27-18(33)14(5-6-16(31)19(34)24-2)26-20(35)21-29-25-11-37-21/h3-4,7,11-14H,5-6,8-10H2,1-2H3,(H,24,34)(H,26,35)(H,27,33)(H,28,32)/t12-,13?,14-,23?/m0/s1. The van der Waals surface area contributed by atoms with Crippen LogP contribution in [0.25, 0.3) is 0 Å². The number of hydrogen-bond donors (Lipinski definition) is 4. The molecule has 37 heavy (non-hydrogen) atoms. The molecule has 0 spiro atoms. The Kier molecular flexibility index (Phi) is 7.47. The van der Waals surface area contributed by atoms with Gasteiger partial charge in [-0.15, -0.1) is 10.2 Å². The van der Waals surface area contributed by atoms with Crippen molar-refractivity contribution in [2.75, 3.05) is 12.4 Å². The van der Waals surface area contributed by atoms with Crippen LogP contribution in [0.15, 0.2) is 28.6 Å². The summed E-state index contributed by atoms with van der Waals surface area (Å²) in [6, 6.07) is 1.63. The van der Waals surface area contributed by atoms with E-state index in [-0.39, 0.29) is 41.5 Å². The van der Waals surface area contributed by atoms with Crippen molar-refractivity contribution in [2.45, 2.75) is 50.7 Å².